The average Bonchev–Trinajstić information content (AvgIpc) is 2.41. The summed E-state index contributed by atoms with van der Waals surface area (Å²) >= 11 is 0. The predicted octanol–water partition coefficient (Wildman–Crippen LogP) is 2.87. The molecule has 0 bridgehead atoms. The van der Waals surface area contributed by atoms with Crippen molar-refractivity contribution >= 4 is 18.4 Å². The van der Waals surface area contributed by atoms with Gasteiger partial charge in [0.05, 0.1) is 12.6 Å². The van der Waals surface area contributed by atoms with Gasteiger partial charge in [0, 0.05) is 0 Å². The Morgan fingerprint density at radius 1 is 0.947 bits per heavy atom. The SMILES string of the molecule is Cl.O=C(O)CNC(c1ccccc1)c1ccccc1. The molecule has 0 unspecified atom stereocenters. The molecule has 0 fully saturated rings. The van der Waals surface area contributed by atoms with Crippen molar-refractivity contribution < 1.29 is 9.90 Å². The fourth-order valence-corrected chi connectivity index (χ4v) is 1.91. The van der Waals surface area contributed by atoms with Crippen molar-refractivity contribution in [2.45, 2.75) is 6.04 Å². The zero-order valence-electron chi connectivity index (χ0n) is 10.3. The maximum absolute atomic E-state index is 10.7. The third-order valence-corrected chi connectivity index (χ3v) is 2.72. The maximum Gasteiger partial charge on any atom is 0.317 e. The van der Waals surface area contributed by atoms with Gasteiger partial charge in [-0.15, -0.1) is 12.4 Å². The zero-order chi connectivity index (χ0) is 12.8. The molecule has 2 aromatic rings. The van der Waals surface area contributed by atoms with Crippen LogP contribution in [0.3, 0.4) is 0 Å². The van der Waals surface area contributed by atoms with Gasteiger partial charge in [-0.25, -0.2) is 0 Å². The highest BCUT2D eigenvalue weighted by molar-refractivity contribution is 5.85. The number of benzene rings is 2. The molecule has 0 saturated heterocycles. The molecule has 0 atom stereocenters. The molecule has 2 rings (SSSR count). The van der Waals surface area contributed by atoms with Gasteiger partial charge in [-0.2, -0.15) is 0 Å². The van der Waals surface area contributed by atoms with Gasteiger partial charge in [-0.3, -0.25) is 10.1 Å². The number of aliphatic carboxylic acids is 1. The average molecular weight is 278 g/mol. The first-order valence-corrected chi connectivity index (χ1v) is 5.82. The number of carbonyl (C=O) groups is 1. The number of rotatable bonds is 5. The normalized spacial score (nSPS) is 9.95. The Hall–Kier alpha value is -1.84. The lowest BCUT2D eigenvalue weighted by molar-refractivity contribution is -0.136. The van der Waals surface area contributed by atoms with Crippen molar-refractivity contribution in [1.29, 1.82) is 0 Å². The van der Waals surface area contributed by atoms with E-state index in [0.717, 1.165) is 11.1 Å². The van der Waals surface area contributed by atoms with Crippen LogP contribution in [-0.4, -0.2) is 17.6 Å². The van der Waals surface area contributed by atoms with E-state index in [0.29, 0.717) is 0 Å². The molecule has 0 radical (unpaired) electrons. The van der Waals surface area contributed by atoms with E-state index < -0.39 is 5.97 Å². The van der Waals surface area contributed by atoms with Crippen LogP contribution in [0.2, 0.25) is 0 Å². The molecule has 0 saturated carbocycles. The first kappa shape index (κ1) is 15.2. The highest BCUT2D eigenvalue weighted by Gasteiger charge is 2.13. The van der Waals surface area contributed by atoms with E-state index in [4.69, 9.17) is 5.11 Å². The van der Waals surface area contributed by atoms with Crippen LogP contribution < -0.4 is 5.32 Å². The Morgan fingerprint density at radius 3 is 1.74 bits per heavy atom. The molecule has 0 aliphatic rings. The molecule has 0 aliphatic heterocycles. The summed E-state index contributed by atoms with van der Waals surface area (Å²) in [6, 6.07) is 19.6. The van der Waals surface area contributed by atoms with Crippen molar-refractivity contribution in [3.8, 4) is 0 Å². The second-order valence-corrected chi connectivity index (χ2v) is 4.03. The second kappa shape index (κ2) is 7.56. The molecule has 2 N–H and O–H groups in total. The maximum atomic E-state index is 10.7. The van der Waals surface area contributed by atoms with Crippen molar-refractivity contribution in [2.75, 3.05) is 6.54 Å². The van der Waals surface area contributed by atoms with Crippen molar-refractivity contribution in [1.82, 2.24) is 5.32 Å². The van der Waals surface area contributed by atoms with Gasteiger partial charge in [0.2, 0.25) is 0 Å². The Balaban J connectivity index is 0.00000180. The Bertz CT molecular complexity index is 463. The van der Waals surface area contributed by atoms with Gasteiger partial charge in [0.1, 0.15) is 0 Å². The topological polar surface area (TPSA) is 49.3 Å². The van der Waals surface area contributed by atoms with Crippen molar-refractivity contribution in [3.63, 3.8) is 0 Å². The Labute approximate surface area is 118 Å². The third-order valence-electron chi connectivity index (χ3n) is 2.72. The van der Waals surface area contributed by atoms with Gasteiger partial charge >= 0.3 is 5.97 Å². The summed E-state index contributed by atoms with van der Waals surface area (Å²) < 4.78 is 0. The van der Waals surface area contributed by atoms with Crippen LogP contribution in [0.5, 0.6) is 0 Å². The van der Waals surface area contributed by atoms with Crippen molar-refractivity contribution in [3.05, 3.63) is 71.8 Å². The highest BCUT2D eigenvalue weighted by Crippen LogP contribution is 2.21. The number of carboxylic acid groups (broad SMARTS) is 1. The minimum absolute atomic E-state index is 0. The Morgan fingerprint density at radius 2 is 1.37 bits per heavy atom. The van der Waals surface area contributed by atoms with Crippen LogP contribution in [0, 0.1) is 0 Å². The molecule has 19 heavy (non-hydrogen) atoms. The monoisotopic (exact) mass is 277 g/mol. The highest BCUT2D eigenvalue weighted by atomic mass is 35.5. The molecule has 2 aromatic carbocycles. The molecule has 0 heterocycles. The van der Waals surface area contributed by atoms with E-state index in [1.807, 2.05) is 60.7 Å². The minimum atomic E-state index is -0.855. The lowest BCUT2D eigenvalue weighted by Gasteiger charge is -2.18. The quantitative estimate of drug-likeness (QED) is 0.883. The molecule has 0 spiro atoms. The van der Waals surface area contributed by atoms with E-state index in [1.54, 1.807) is 0 Å². The number of hydrogen-bond acceptors (Lipinski definition) is 2. The summed E-state index contributed by atoms with van der Waals surface area (Å²) in [5.74, 6) is -0.855. The zero-order valence-corrected chi connectivity index (χ0v) is 11.1. The number of carboxylic acids is 1. The van der Waals surface area contributed by atoms with E-state index in [9.17, 15) is 4.79 Å². The van der Waals surface area contributed by atoms with Gasteiger partial charge in [-0.1, -0.05) is 60.7 Å². The molecule has 0 aromatic heterocycles. The second-order valence-electron chi connectivity index (χ2n) is 4.03. The first-order chi connectivity index (χ1) is 8.77. The van der Waals surface area contributed by atoms with Gasteiger partial charge in [0.25, 0.3) is 0 Å². The molecule has 3 nitrogen and oxygen atoms in total. The molecule has 0 aliphatic carbocycles. The number of nitrogens with one attached hydrogen (secondary N) is 1. The molecule has 4 heteroatoms. The summed E-state index contributed by atoms with van der Waals surface area (Å²) in [5, 5.41) is 11.8. The standard InChI is InChI=1S/C15H15NO2.ClH/c17-14(18)11-16-15(12-7-3-1-4-8-12)13-9-5-2-6-10-13;/h1-10,15-16H,11H2,(H,17,18);1H. The number of hydrogen-bond donors (Lipinski definition) is 2. The van der Waals surface area contributed by atoms with E-state index in [-0.39, 0.29) is 25.0 Å². The summed E-state index contributed by atoms with van der Waals surface area (Å²) in [5.41, 5.74) is 2.12. The van der Waals surface area contributed by atoms with Crippen LogP contribution in [0.4, 0.5) is 0 Å². The van der Waals surface area contributed by atoms with Crippen LogP contribution in [0.15, 0.2) is 60.7 Å². The van der Waals surface area contributed by atoms with Crippen LogP contribution in [0.25, 0.3) is 0 Å². The van der Waals surface area contributed by atoms with Crippen LogP contribution in [-0.2, 0) is 4.79 Å². The Kier molecular flexibility index (Phi) is 6.06. The molecule has 100 valence electrons. The molecular weight excluding hydrogens is 262 g/mol. The smallest absolute Gasteiger partial charge is 0.317 e. The van der Waals surface area contributed by atoms with E-state index >= 15 is 0 Å². The van der Waals surface area contributed by atoms with Gasteiger partial charge in [0.15, 0.2) is 0 Å². The largest absolute Gasteiger partial charge is 0.480 e. The first-order valence-electron chi connectivity index (χ1n) is 5.82. The van der Waals surface area contributed by atoms with Gasteiger partial charge in [-0.05, 0) is 11.1 Å². The summed E-state index contributed by atoms with van der Waals surface area (Å²) in [6.45, 7) is -0.0611. The minimum Gasteiger partial charge on any atom is -0.480 e. The van der Waals surface area contributed by atoms with Crippen molar-refractivity contribution in [2.24, 2.45) is 0 Å². The molecular formula is C15H16ClNO2. The fraction of sp³-hybridized carbons (Fsp3) is 0.133. The van der Waals surface area contributed by atoms with Crippen LogP contribution >= 0.6 is 12.4 Å². The predicted molar refractivity (Wildman–Crippen MR) is 77.6 cm³/mol. The lowest BCUT2D eigenvalue weighted by atomic mass is 9.99. The summed E-state index contributed by atoms with van der Waals surface area (Å²) in [7, 11) is 0. The van der Waals surface area contributed by atoms with E-state index in [1.165, 1.54) is 0 Å². The number of halogens is 1. The fourth-order valence-electron chi connectivity index (χ4n) is 1.91. The van der Waals surface area contributed by atoms with Gasteiger partial charge < -0.3 is 5.11 Å². The van der Waals surface area contributed by atoms with Crippen LogP contribution in [0.1, 0.15) is 17.2 Å². The third kappa shape index (κ3) is 4.39. The lowest BCUT2D eigenvalue weighted by Crippen LogP contribution is -2.28. The molecule has 0 amide bonds. The summed E-state index contributed by atoms with van der Waals surface area (Å²) in [4.78, 5) is 10.7. The summed E-state index contributed by atoms with van der Waals surface area (Å²) in [6.07, 6.45) is 0. The van der Waals surface area contributed by atoms with E-state index in [2.05, 4.69) is 5.32 Å².